The average molecular weight is 486 g/mol. The van der Waals surface area contributed by atoms with Crippen molar-refractivity contribution in [2.75, 3.05) is 0 Å². The number of rotatable bonds is 10. The number of hydrogen-bond donors (Lipinski definition) is 1. The first kappa shape index (κ1) is 23.3. The Balaban J connectivity index is 1.49. The van der Waals surface area contributed by atoms with Crippen LogP contribution in [-0.2, 0) is 19.5 Å². The second kappa shape index (κ2) is 10.4. The van der Waals surface area contributed by atoms with E-state index in [0.29, 0.717) is 24.9 Å². The minimum absolute atomic E-state index is 0.181. The lowest BCUT2D eigenvalue weighted by Crippen LogP contribution is -2.27. The number of H-pyrrole nitrogens is 1. The van der Waals surface area contributed by atoms with Crippen LogP contribution in [0.3, 0.4) is 0 Å². The Morgan fingerprint density at radius 3 is 2.67 bits per heavy atom. The zero-order valence-electron chi connectivity index (χ0n) is 20.2. The molecule has 184 valence electrons. The molecule has 0 aliphatic heterocycles. The second-order valence-corrected chi connectivity index (χ2v) is 8.52. The SMILES string of the molecule is CCCCc1cn(-c2nnnn2CCC)c(=O)n1Cc1cc(-c2cccc(-c3nn[nH]n3)c2)ccn1. The smallest absolute Gasteiger partial charge is 0.290 e. The van der Waals surface area contributed by atoms with Crippen molar-refractivity contribution in [3.8, 4) is 28.5 Å². The van der Waals surface area contributed by atoms with Crippen LogP contribution in [0.15, 0.2) is 53.6 Å². The molecule has 4 aromatic heterocycles. The minimum atomic E-state index is -0.181. The Morgan fingerprint density at radius 1 is 1.00 bits per heavy atom. The summed E-state index contributed by atoms with van der Waals surface area (Å²) in [6.45, 7) is 5.16. The molecule has 0 saturated heterocycles. The number of imidazole rings is 1. The van der Waals surface area contributed by atoms with Gasteiger partial charge in [0.1, 0.15) is 0 Å². The predicted molar refractivity (Wildman–Crippen MR) is 132 cm³/mol. The summed E-state index contributed by atoms with van der Waals surface area (Å²) in [5, 5.41) is 26.2. The van der Waals surface area contributed by atoms with Crippen molar-refractivity contribution < 1.29 is 0 Å². The largest absolute Gasteiger partial charge is 0.335 e. The summed E-state index contributed by atoms with van der Waals surface area (Å²) in [5.74, 6) is 0.961. The van der Waals surface area contributed by atoms with Crippen molar-refractivity contribution in [1.82, 2.24) is 54.9 Å². The molecule has 0 amide bonds. The first-order valence-electron chi connectivity index (χ1n) is 12.0. The maximum absolute atomic E-state index is 13.5. The van der Waals surface area contributed by atoms with Gasteiger partial charge in [-0.1, -0.05) is 43.6 Å². The van der Waals surface area contributed by atoms with Crippen LogP contribution >= 0.6 is 0 Å². The molecule has 5 aromatic rings. The third kappa shape index (κ3) is 4.69. The van der Waals surface area contributed by atoms with Gasteiger partial charge in [0.15, 0.2) is 0 Å². The Kier molecular flexibility index (Phi) is 6.74. The van der Waals surface area contributed by atoms with E-state index < -0.39 is 0 Å². The van der Waals surface area contributed by atoms with Gasteiger partial charge in [-0.3, -0.25) is 9.55 Å². The summed E-state index contributed by atoms with van der Waals surface area (Å²) < 4.78 is 4.96. The van der Waals surface area contributed by atoms with Gasteiger partial charge in [0.05, 0.1) is 12.2 Å². The Labute approximate surface area is 207 Å². The third-order valence-electron chi connectivity index (χ3n) is 5.95. The lowest BCUT2D eigenvalue weighted by Gasteiger charge is -2.09. The lowest BCUT2D eigenvalue weighted by atomic mass is 10.0. The molecule has 1 aromatic carbocycles. The van der Waals surface area contributed by atoms with Gasteiger partial charge < -0.3 is 0 Å². The molecular formula is C24H27N11O. The zero-order chi connectivity index (χ0) is 24.9. The van der Waals surface area contributed by atoms with Crippen LogP contribution in [-0.4, -0.2) is 54.9 Å². The van der Waals surface area contributed by atoms with E-state index in [1.165, 1.54) is 0 Å². The molecule has 4 heterocycles. The highest BCUT2D eigenvalue weighted by Crippen LogP contribution is 2.24. The van der Waals surface area contributed by atoms with Gasteiger partial charge in [0.2, 0.25) is 5.82 Å². The minimum Gasteiger partial charge on any atom is -0.290 e. The topological polar surface area (TPSA) is 138 Å². The second-order valence-electron chi connectivity index (χ2n) is 8.52. The maximum atomic E-state index is 13.5. The molecule has 0 aliphatic rings. The van der Waals surface area contributed by atoms with Crippen molar-refractivity contribution in [3.05, 3.63) is 70.7 Å². The van der Waals surface area contributed by atoms with E-state index >= 15 is 0 Å². The molecule has 0 saturated carbocycles. The van der Waals surface area contributed by atoms with Crippen molar-refractivity contribution in [3.63, 3.8) is 0 Å². The normalized spacial score (nSPS) is 11.3. The number of hydrogen-bond acceptors (Lipinski definition) is 8. The number of nitrogens with one attached hydrogen (secondary N) is 1. The number of aromatic amines is 1. The number of unbranched alkanes of at least 4 members (excludes halogenated alkanes) is 1. The van der Waals surface area contributed by atoms with Gasteiger partial charge in [0.25, 0.3) is 5.95 Å². The van der Waals surface area contributed by atoms with Crippen molar-refractivity contribution in [2.45, 2.75) is 52.6 Å². The first-order chi connectivity index (χ1) is 17.7. The van der Waals surface area contributed by atoms with Crippen LogP contribution in [0.5, 0.6) is 0 Å². The van der Waals surface area contributed by atoms with Crippen LogP contribution in [0.4, 0.5) is 0 Å². The van der Waals surface area contributed by atoms with Gasteiger partial charge >= 0.3 is 5.69 Å². The zero-order valence-corrected chi connectivity index (χ0v) is 20.2. The fraction of sp³-hybridized carbons (Fsp3) is 0.333. The third-order valence-corrected chi connectivity index (χ3v) is 5.95. The predicted octanol–water partition coefficient (Wildman–Crippen LogP) is 2.67. The number of nitrogens with zero attached hydrogens (tertiary/aromatic N) is 10. The standard InChI is InChI=1S/C24H27N11O/c1-3-5-9-21-16-34(23-28-31-32-35(23)12-4-2)24(36)33(21)15-20-14-18(10-11-25-20)17-7-6-8-19(13-17)22-26-29-30-27-22/h6-8,10-11,13-14,16H,3-5,9,12,15H2,1-2H3,(H,26,27,29,30). The van der Waals surface area contributed by atoms with Gasteiger partial charge in [-0.2, -0.15) is 5.21 Å². The molecule has 12 nitrogen and oxygen atoms in total. The molecule has 12 heteroatoms. The fourth-order valence-electron chi connectivity index (χ4n) is 4.15. The quantitative estimate of drug-likeness (QED) is 0.319. The van der Waals surface area contributed by atoms with E-state index in [2.05, 4.69) is 48.1 Å². The van der Waals surface area contributed by atoms with E-state index in [4.69, 9.17) is 0 Å². The van der Waals surface area contributed by atoms with Gasteiger partial charge in [-0.25, -0.2) is 14.0 Å². The van der Waals surface area contributed by atoms with Crippen molar-refractivity contribution in [1.29, 1.82) is 0 Å². The number of aromatic nitrogens is 11. The summed E-state index contributed by atoms with van der Waals surface area (Å²) >= 11 is 0. The lowest BCUT2D eigenvalue weighted by molar-refractivity contribution is 0.562. The van der Waals surface area contributed by atoms with Crippen molar-refractivity contribution >= 4 is 0 Å². The van der Waals surface area contributed by atoms with Crippen LogP contribution in [0.1, 0.15) is 44.5 Å². The fourth-order valence-corrected chi connectivity index (χ4v) is 4.15. The van der Waals surface area contributed by atoms with Crippen LogP contribution in [0, 0.1) is 0 Å². The average Bonchev–Trinajstić information content (AvgIpc) is 3.66. The number of pyridine rings is 1. The molecule has 0 bridgehead atoms. The van der Waals surface area contributed by atoms with Crippen LogP contribution in [0.2, 0.25) is 0 Å². The van der Waals surface area contributed by atoms with Gasteiger partial charge in [-0.05, 0) is 64.2 Å². The van der Waals surface area contributed by atoms with Crippen LogP contribution < -0.4 is 5.69 Å². The molecule has 0 radical (unpaired) electrons. The Morgan fingerprint density at radius 2 is 1.86 bits per heavy atom. The highest BCUT2D eigenvalue weighted by Gasteiger charge is 2.18. The maximum Gasteiger partial charge on any atom is 0.335 e. The molecule has 5 rings (SSSR count). The van der Waals surface area contributed by atoms with Crippen LogP contribution in [0.25, 0.3) is 28.5 Å². The Bertz CT molecular complexity index is 1500. The molecule has 0 spiro atoms. The summed E-state index contributed by atoms with van der Waals surface area (Å²) in [4.78, 5) is 18.1. The summed E-state index contributed by atoms with van der Waals surface area (Å²) in [6, 6.07) is 11.9. The molecule has 0 fully saturated rings. The number of tetrazole rings is 2. The molecule has 0 aliphatic carbocycles. The molecule has 0 unspecified atom stereocenters. The van der Waals surface area contributed by atoms with E-state index in [9.17, 15) is 4.79 Å². The van der Waals surface area contributed by atoms with E-state index in [1.54, 1.807) is 20.0 Å². The van der Waals surface area contributed by atoms with E-state index in [0.717, 1.165) is 53.8 Å². The highest BCUT2D eigenvalue weighted by molar-refractivity contribution is 5.70. The van der Waals surface area contributed by atoms with Crippen molar-refractivity contribution in [2.24, 2.45) is 0 Å². The van der Waals surface area contributed by atoms with Gasteiger partial charge in [0, 0.05) is 30.2 Å². The van der Waals surface area contributed by atoms with E-state index in [-0.39, 0.29) is 5.69 Å². The van der Waals surface area contributed by atoms with Gasteiger partial charge in [-0.15, -0.1) is 10.2 Å². The first-order valence-corrected chi connectivity index (χ1v) is 12.0. The highest BCUT2D eigenvalue weighted by atomic mass is 16.2. The molecule has 0 atom stereocenters. The number of benzene rings is 1. The summed E-state index contributed by atoms with van der Waals surface area (Å²) in [7, 11) is 0. The number of aryl methyl sites for hydroxylation is 2. The van der Waals surface area contributed by atoms with E-state index in [1.807, 2.05) is 49.5 Å². The molecule has 36 heavy (non-hydrogen) atoms. The monoisotopic (exact) mass is 485 g/mol. The summed E-state index contributed by atoms with van der Waals surface area (Å²) in [6.07, 6.45) is 7.26. The molecular weight excluding hydrogens is 458 g/mol. The molecule has 1 N–H and O–H groups in total. The Hall–Kier alpha value is -4.48. The summed E-state index contributed by atoms with van der Waals surface area (Å²) in [5.41, 5.74) is 4.37.